The molecule has 0 bridgehead atoms. The van der Waals surface area contributed by atoms with Crippen LogP contribution in [0.15, 0.2) is 29.1 Å². The molecule has 5 heteroatoms. The zero-order chi connectivity index (χ0) is 12.1. The number of furan rings is 1. The van der Waals surface area contributed by atoms with Crippen molar-refractivity contribution in [2.75, 3.05) is 6.54 Å². The second-order valence-electron chi connectivity index (χ2n) is 3.90. The summed E-state index contributed by atoms with van der Waals surface area (Å²) in [5, 5.41) is 7.62. The van der Waals surface area contributed by atoms with Crippen LogP contribution in [0.2, 0.25) is 0 Å². The Balaban J connectivity index is 1.98. The van der Waals surface area contributed by atoms with Gasteiger partial charge in [0.05, 0.1) is 29.1 Å². The SMILES string of the molecule is CCCNCc1occc1Cn1cc(I)cn1. The molecule has 0 fully saturated rings. The van der Waals surface area contributed by atoms with Gasteiger partial charge in [-0.2, -0.15) is 5.10 Å². The molecule has 0 spiro atoms. The van der Waals surface area contributed by atoms with Crippen LogP contribution in [-0.4, -0.2) is 16.3 Å². The van der Waals surface area contributed by atoms with E-state index in [-0.39, 0.29) is 0 Å². The highest BCUT2D eigenvalue weighted by molar-refractivity contribution is 14.1. The quantitative estimate of drug-likeness (QED) is 0.647. The summed E-state index contributed by atoms with van der Waals surface area (Å²) >= 11 is 2.26. The van der Waals surface area contributed by atoms with Crippen molar-refractivity contribution >= 4 is 22.6 Å². The molecule has 2 aromatic rings. The van der Waals surface area contributed by atoms with E-state index < -0.39 is 0 Å². The molecule has 0 saturated carbocycles. The molecule has 0 aliphatic heterocycles. The molecule has 2 heterocycles. The predicted molar refractivity (Wildman–Crippen MR) is 74.8 cm³/mol. The fourth-order valence-electron chi connectivity index (χ4n) is 1.64. The van der Waals surface area contributed by atoms with Gasteiger partial charge in [-0.3, -0.25) is 4.68 Å². The molecule has 0 aliphatic carbocycles. The van der Waals surface area contributed by atoms with Gasteiger partial charge in [0.1, 0.15) is 5.76 Å². The third-order valence-electron chi connectivity index (χ3n) is 2.48. The fraction of sp³-hybridized carbons (Fsp3) is 0.417. The van der Waals surface area contributed by atoms with Gasteiger partial charge in [-0.15, -0.1) is 0 Å². The number of rotatable bonds is 6. The lowest BCUT2D eigenvalue weighted by atomic mass is 10.2. The Hall–Kier alpha value is -0.820. The van der Waals surface area contributed by atoms with Crippen LogP contribution in [0, 0.1) is 3.57 Å². The largest absolute Gasteiger partial charge is 0.468 e. The minimum absolute atomic E-state index is 0.767. The van der Waals surface area contributed by atoms with E-state index in [2.05, 4.69) is 39.9 Å². The van der Waals surface area contributed by atoms with E-state index >= 15 is 0 Å². The molecule has 4 nitrogen and oxygen atoms in total. The Morgan fingerprint density at radius 3 is 3.12 bits per heavy atom. The average molecular weight is 345 g/mol. The van der Waals surface area contributed by atoms with Crippen LogP contribution < -0.4 is 5.32 Å². The summed E-state index contributed by atoms with van der Waals surface area (Å²) in [6.07, 6.45) is 6.76. The molecular formula is C12H16IN3O. The molecule has 0 atom stereocenters. The smallest absolute Gasteiger partial charge is 0.122 e. The molecule has 0 radical (unpaired) electrons. The number of hydrogen-bond acceptors (Lipinski definition) is 3. The summed E-state index contributed by atoms with van der Waals surface area (Å²) in [6, 6.07) is 2.01. The van der Waals surface area contributed by atoms with Crippen molar-refractivity contribution in [2.24, 2.45) is 0 Å². The molecule has 0 unspecified atom stereocenters. The van der Waals surface area contributed by atoms with Crippen LogP contribution in [0.3, 0.4) is 0 Å². The first kappa shape index (κ1) is 12.6. The van der Waals surface area contributed by atoms with Crippen LogP contribution >= 0.6 is 22.6 Å². The van der Waals surface area contributed by atoms with E-state index in [1.807, 2.05) is 23.1 Å². The van der Waals surface area contributed by atoms with Crippen LogP contribution in [0.1, 0.15) is 24.7 Å². The van der Waals surface area contributed by atoms with Gasteiger partial charge in [0.2, 0.25) is 0 Å². The van der Waals surface area contributed by atoms with Gasteiger partial charge in [0.25, 0.3) is 0 Å². The zero-order valence-corrected chi connectivity index (χ0v) is 12.0. The first-order valence-corrected chi connectivity index (χ1v) is 6.81. The van der Waals surface area contributed by atoms with Gasteiger partial charge in [-0.05, 0) is 41.6 Å². The lowest BCUT2D eigenvalue weighted by molar-refractivity contribution is 0.475. The summed E-state index contributed by atoms with van der Waals surface area (Å²) in [4.78, 5) is 0. The molecule has 0 aliphatic rings. The minimum atomic E-state index is 0.767. The zero-order valence-electron chi connectivity index (χ0n) is 9.82. The normalized spacial score (nSPS) is 10.9. The van der Waals surface area contributed by atoms with Crippen molar-refractivity contribution in [3.63, 3.8) is 0 Å². The van der Waals surface area contributed by atoms with Crippen LogP contribution in [0.25, 0.3) is 0 Å². The van der Waals surface area contributed by atoms with Crippen molar-refractivity contribution < 1.29 is 4.42 Å². The standard InChI is InChI=1S/C12H16IN3O/c1-2-4-14-7-12-10(3-5-17-12)8-16-9-11(13)6-15-16/h3,5-6,9,14H,2,4,7-8H2,1H3. The summed E-state index contributed by atoms with van der Waals surface area (Å²) in [5.41, 5.74) is 1.19. The maximum atomic E-state index is 5.48. The highest BCUT2D eigenvalue weighted by Crippen LogP contribution is 2.12. The average Bonchev–Trinajstić information content (AvgIpc) is 2.90. The summed E-state index contributed by atoms with van der Waals surface area (Å²) < 4.78 is 8.56. The maximum Gasteiger partial charge on any atom is 0.122 e. The number of aromatic nitrogens is 2. The Labute approximate surface area is 115 Å². The minimum Gasteiger partial charge on any atom is -0.468 e. The Morgan fingerprint density at radius 2 is 2.41 bits per heavy atom. The van der Waals surface area contributed by atoms with Gasteiger partial charge in [0, 0.05) is 11.8 Å². The number of halogens is 1. The van der Waals surface area contributed by atoms with Crippen LogP contribution in [0.4, 0.5) is 0 Å². The van der Waals surface area contributed by atoms with Crippen molar-refractivity contribution in [3.8, 4) is 0 Å². The molecule has 1 N–H and O–H groups in total. The topological polar surface area (TPSA) is 43.0 Å². The van der Waals surface area contributed by atoms with Crippen LogP contribution in [-0.2, 0) is 13.1 Å². The maximum absolute atomic E-state index is 5.48. The Morgan fingerprint density at radius 1 is 1.53 bits per heavy atom. The first-order chi connectivity index (χ1) is 8.29. The molecule has 17 heavy (non-hydrogen) atoms. The number of hydrogen-bond donors (Lipinski definition) is 1. The molecular weight excluding hydrogens is 329 g/mol. The lowest BCUT2D eigenvalue weighted by Crippen LogP contribution is -2.15. The highest BCUT2D eigenvalue weighted by Gasteiger charge is 2.07. The van der Waals surface area contributed by atoms with Crippen LogP contribution in [0.5, 0.6) is 0 Å². The van der Waals surface area contributed by atoms with E-state index in [0.29, 0.717) is 0 Å². The summed E-state index contributed by atoms with van der Waals surface area (Å²) in [5.74, 6) is 1.00. The van der Waals surface area contributed by atoms with E-state index in [1.54, 1.807) is 6.26 Å². The predicted octanol–water partition coefficient (Wildman–Crippen LogP) is 2.63. The molecule has 2 rings (SSSR count). The molecule has 0 saturated heterocycles. The fourth-order valence-corrected chi connectivity index (χ4v) is 2.09. The summed E-state index contributed by atoms with van der Waals surface area (Å²) in [7, 11) is 0. The van der Waals surface area contributed by atoms with Crippen molar-refractivity contribution in [1.29, 1.82) is 0 Å². The van der Waals surface area contributed by atoms with E-state index in [1.165, 1.54) is 5.56 Å². The molecule has 0 amide bonds. The lowest BCUT2D eigenvalue weighted by Gasteiger charge is -2.04. The molecule has 2 aromatic heterocycles. The number of nitrogens with one attached hydrogen (secondary N) is 1. The molecule has 0 aromatic carbocycles. The van der Waals surface area contributed by atoms with Crippen molar-refractivity contribution in [3.05, 3.63) is 39.6 Å². The third-order valence-corrected chi connectivity index (χ3v) is 3.04. The van der Waals surface area contributed by atoms with E-state index in [4.69, 9.17) is 4.42 Å². The second kappa shape index (κ2) is 6.20. The van der Waals surface area contributed by atoms with E-state index in [0.717, 1.165) is 35.4 Å². The second-order valence-corrected chi connectivity index (χ2v) is 5.15. The number of nitrogens with zero attached hydrogens (tertiary/aromatic N) is 2. The van der Waals surface area contributed by atoms with Crippen molar-refractivity contribution in [2.45, 2.75) is 26.4 Å². The molecule has 92 valence electrons. The Bertz CT molecular complexity index is 464. The van der Waals surface area contributed by atoms with Gasteiger partial charge in [-0.1, -0.05) is 6.92 Å². The highest BCUT2D eigenvalue weighted by atomic mass is 127. The first-order valence-electron chi connectivity index (χ1n) is 5.73. The Kier molecular flexibility index (Phi) is 4.61. The van der Waals surface area contributed by atoms with Gasteiger partial charge >= 0.3 is 0 Å². The third kappa shape index (κ3) is 3.57. The summed E-state index contributed by atoms with van der Waals surface area (Å²) in [6.45, 7) is 4.72. The van der Waals surface area contributed by atoms with Gasteiger partial charge < -0.3 is 9.73 Å². The van der Waals surface area contributed by atoms with Gasteiger partial charge in [-0.25, -0.2) is 0 Å². The van der Waals surface area contributed by atoms with Crippen molar-refractivity contribution in [1.82, 2.24) is 15.1 Å². The monoisotopic (exact) mass is 345 g/mol. The van der Waals surface area contributed by atoms with E-state index in [9.17, 15) is 0 Å². The van der Waals surface area contributed by atoms with Gasteiger partial charge in [0.15, 0.2) is 0 Å².